The third-order valence-corrected chi connectivity index (χ3v) is 8.72. The first-order valence-corrected chi connectivity index (χ1v) is 15.1. The van der Waals surface area contributed by atoms with Gasteiger partial charge in [0.1, 0.15) is 0 Å². The first kappa shape index (κ1) is 29.6. The highest BCUT2D eigenvalue weighted by Gasteiger charge is 2.35. The Morgan fingerprint density at radius 1 is 0.486 bits per heavy atom. The summed E-state index contributed by atoms with van der Waals surface area (Å²) in [6.07, 6.45) is 0. The molecule has 0 saturated carbocycles. The lowest BCUT2D eigenvalue weighted by atomic mass is 9.91. The summed E-state index contributed by atoms with van der Waals surface area (Å²) >= 11 is 0. The summed E-state index contributed by atoms with van der Waals surface area (Å²) in [5.41, 5.74) is 6.81. The van der Waals surface area contributed by atoms with Crippen molar-refractivity contribution in [2.75, 3.05) is 0 Å². The molecule has 0 amide bonds. The second-order valence-corrected chi connectivity index (χ2v) is 16.2. The van der Waals surface area contributed by atoms with Crippen LogP contribution in [0.4, 0.5) is 0 Å². The molecule has 0 saturated heterocycles. The summed E-state index contributed by atoms with van der Waals surface area (Å²) in [6, 6.07) is 6.89. The zero-order valence-electron chi connectivity index (χ0n) is 26.1. The fourth-order valence-corrected chi connectivity index (χ4v) is 6.62. The van der Waals surface area contributed by atoms with Crippen LogP contribution < -0.4 is 0 Å². The molecule has 0 unspecified atom stereocenters. The van der Waals surface area contributed by atoms with Gasteiger partial charge in [-0.2, -0.15) is 15.3 Å². The van der Waals surface area contributed by atoms with E-state index in [1.165, 1.54) is 17.1 Å². The fraction of sp³-hybridized carbons (Fsp3) is 0.700. The van der Waals surface area contributed by atoms with E-state index in [2.05, 4.69) is 135 Å². The van der Waals surface area contributed by atoms with Gasteiger partial charge in [-0.3, -0.25) is 0 Å². The topological polar surface area (TPSA) is 53.5 Å². The van der Waals surface area contributed by atoms with E-state index in [4.69, 9.17) is 15.3 Å². The molecule has 0 aliphatic carbocycles. The summed E-state index contributed by atoms with van der Waals surface area (Å²) in [5, 5.41) is 16.0. The van der Waals surface area contributed by atoms with Gasteiger partial charge in [-0.05, 0) is 36.0 Å². The third kappa shape index (κ3) is 6.05. The van der Waals surface area contributed by atoms with Crippen molar-refractivity contribution in [2.45, 2.75) is 138 Å². The number of aromatic nitrogens is 6. The Morgan fingerprint density at radius 2 is 0.703 bits per heavy atom. The monoisotopic (exact) mass is 526 g/mol. The van der Waals surface area contributed by atoms with Crippen LogP contribution in [0.25, 0.3) is 0 Å². The van der Waals surface area contributed by atoms with Crippen LogP contribution in [0.2, 0.25) is 0 Å². The van der Waals surface area contributed by atoms with Gasteiger partial charge in [-0.1, -0.05) is 104 Å². The Hall–Kier alpha value is -1.94. The Morgan fingerprint density at radius 3 is 0.865 bits per heavy atom. The van der Waals surface area contributed by atoms with Crippen molar-refractivity contribution in [1.29, 1.82) is 0 Å². The van der Waals surface area contributed by atoms with Crippen LogP contribution in [0.15, 0.2) is 18.2 Å². The average molecular weight is 527 g/mol. The molecule has 6 nitrogen and oxygen atoms in total. The zero-order chi connectivity index (χ0) is 28.2. The molecule has 3 aromatic rings. The maximum Gasteiger partial charge on any atom is 0.272 e. The molecule has 0 spiro atoms. The summed E-state index contributed by atoms with van der Waals surface area (Å²) in [7, 11) is -1.27. The maximum absolute atomic E-state index is 5.32. The van der Waals surface area contributed by atoms with Crippen LogP contribution in [-0.2, 0) is 16.2 Å². The van der Waals surface area contributed by atoms with E-state index < -0.39 is 8.37 Å². The van der Waals surface area contributed by atoms with Gasteiger partial charge in [-0.25, -0.2) is 13.4 Å². The molecule has 0 radical (unpaired) electrons. The van der Waals surface area contributed by atoms with Gasteiger partial charge in [0.25, 0.3) is 8.37 Å². The molecule has 0 aliphatic rings. The first-order valence-electron chi connectivity index (χ1n) is 13.9. The normalized spacial score (nSPS) is 13.7. The van der Waals surface area contributed by atoms with E-state index >= 15 is 0 Å². The highest BCUT2D eigenvalue weighted by atomic mass is 31.1. The minimum atomic E-state index is -1.27. The van der Waals surface area contributed by atoms with Gasteiger partial charge in [-0.15, -0.1) is 0 Å². The Bertz CT molecular complexity index is 1070. The van der Waals surface area contributed by atoms with E-state index in [0.717, 1.165) is 17.1 Å². The van der Waals surface area contributed by atoms with E-state index in [0.29, 0.717) is 17.8 Å². The van der Waals surface area contributed by atoms with Gasteiger partial charge in [0.2, 0.25) is 0 Å². The van der Waals surface area contributed by atoms with Crippen molar-refractivity contribution >= 4 is 8.37 Å². The minimum Gasteiger partial charge on any atom is -0.206 e. The standard InChI is InChI=1S/C30H51N6P/c1-19(2)22-16-25(28(7,8)9)31-34(22)37(35-23(20(3)4)17-26(32-35)29(10,11)12)36-24(21(5)6)18-27(33-36)30(13,14)15/h16-21H,1-15H3. The van der Waals surface area contributed by atoms with E-state index in [1.54, 1.807) is 0 Å². The van der Waals surface area contributed by atoms with E-state index in [1.807, 2.05) is 0 Å². The molecule has 3 heterocycles. The first-order chi connectivity index (χ1) is 16.7. The molecule has 206 valence electrons. The predicted molar refractivity (Wildman–Crippen MR) is 158 cm³/mol. The largest absolute Gasteiger partial charge is 0.272 e. The van der Waals surface area contributed by atoms with Crippen LogP contribution in [0.3, 0.4) is 0 Å². The van der Waals surface area contributed by atoms with Crippen molar-refractivity contribution in [1.82, 2.24) is 28.7 Å². The van der Waals surface area contributed by atoms with Crippen molar-refractivity contribution in [2.24, 2.45) is 0 Å². The molecule has 0 aliphatic heterocycles. The SMILES string of the molecule is CC(C)c1cc(C(C)(C)C)nn1P(n1nc(C(C)(C)C)cc1C(C)C)n1nc(C(C)(C)C)cc1C(C)C. The lowest BCUT2D eigenvalue weighted by Gasteiger charge is -2.26. The van der Waals surface area contributed by atoms with Gasteiger partial charge >= 0.3 is 0 Å². The van der Waals surface area contributed by atoms with Crippen LogP contribution >= 0.6 is 8.37 Å². The van der Waals surface area contributed by atoms with Crippen molar-refractivity contribution in [3.8, 4) is 0 Å². The molecule has 0 fully saturated rings. The molecule has 7 heteroatoms. The van der Waals surface area contributed by atoms with Crippen molar-refractivity contribution < 1.29 is 0 Å². The molecule has 0 atom stereocenters. The molecule has 3 aromatic heterocycles. The van der Waals surface area contributed by atoms with Crippen LogP contribution in [0.5, 0.6) is 0 Å². The fourth-order valence-electron chi connectivity index (χ4n) is 4.12. The highest BCUT2D eigenvalue weighted by Crippen LogP contribution is 2.48. The van der Waals surface area contributed by atoms with Crippen LogP contribution in [0, 0.1) is 0 Å². The van der Waals surface area contributed by atoms with Gasteiger partial charge in [0.05, 0.1) is 17.1 Å². The number of hydrogen-bond acceptors (Lipinski definition) is 3. The number of nitrogens with zero attached hydrogens (tertiary/aromatic N) is 6. The average Bonchev–Trinajstić information content (AvgIpc) is 3.44. The van der Waals surface area contributed by atoms with Gasteiger partial charge in [0, 0.05) is 33.3 Å². The highest BCUT2D eigenvalue weighted by molar-refractivity contribution is 7.52. The Balaban J connectivity index is 2.48. The molecule has 0 N–H and O–H groups in total. The zero-order valence-corrected chi connectivity index (χ0v) is 27.0. The summed E-state index contributed by atoms with van der Waals surface area (Å²) in [5.74, 6) is 0.941. The van der Waals surface area contributed by atoms with Crippen LogP contribution in [0.1, 0.15) is 156 Å². The van der Waals surface area contributed by atoms with Crippen LogP contribution in [-0.4, -0.2) is 28.7 Å². The molecule has 3 rings (SSSR count). The lowest BCUT2D eigenvalue weighted by molar-refractivity contribution is 0.554. The molecular formula is C30H51N6P. The number of rotatable bonds is 6. The lowest BCUT2D eigenvalue weighted by Crippen LogP contribution is -2.21. The molecule has 0 bridgehead atoms. The minimum absolute atomic E-state index is 0.0565. The van der Waals surface area contributed by atoms with Gasteiger partial charge < -0.3 is 0 Å². The predicted octanol–water partition coefficient (Wildman–Crippen LogP) is 8.71. The maximum atomic E-state index is 5.32. The summed E-state index contributed by atoms with van der Waals surface area (Å²) in [4.78, 5) is 0. The van der Waals surface area contributed by atoms with Gasteiger partial charge in [0.15, 0.2) is 0 Å². The molecule has 37 heavy (non-hydrogen) atoms. The van der Waals surface area contributed by atoms with E-state index in [-0.39, 0.29) is 16.2 Å². The Labute approximate surface area is 227 Å². The third-order valence-electron chi connectivity index (χ3n) is 6.74. The van der Waals surface area contributed by atoms with Crippen molar-refractivity contribution in [3.63, 3.8) is 0 Å². The second kappa shape index (κ2) is 9.98. The number of hydrogen-bond donors (Lipinski definition) is 0. The second-order valence-electron chi connectivity index (χ2n) is 14.5. The molecule has 0 aromatic carbocycles. The smallest absolute Gasteiger partial charge is 0.206 e. The Kier molecular flexibility index (Phi) is 7.99. The van der Waals surface area contributed by atoms with Crippen molar-refractivity contribution in [3.05, 3.63) is 52.4 Å². The molecular weight excluding hydrogens is 475 g/mol. The van der Waals surface area contributed by atoms with E-state index in [9.17, 15) is 0 Å². The quantitative estimate of drug-likeness (QED) is 0.302. The summed E-state index contributed by atoms with van der Waals surface area (Å²) in [6.45, 7) is 33.7. The summed E-state index contributed by atoms with van der Waals surface area (Å²) < 4.78 is 6.78.